The van der Waals surface area contributed by atoms with Crippen LogP contribution < -0.4 is 10.6 Å². The summed E-state index contributed by atoms with van der Waals surface area (Å²) in [6, 6.07) is 4.66. The standard InChI is InChI=1S/C15H19N3OS2/c1-10-12(4-2-6-16-10)18-14(19)8-11-9-21-15(17-11)13-5-3-7-20-13/h3,5,7,9-10,12,16H,2,4,6,8H2,1H3,(H,18,19). The van der Waals surface area contributed by atoms with Crippen LogP contribution in [0.15, 0.2) is 22.9 Å². The summed E-state index contributed by atoms with van der Waals surface area (Å²) >= 11 is 3.28. The first kappa shape index (κ1) is 14.7. The molecule has 0 aromatic carbocycles. The van der Waals surface area contributed by atoms with Crippen LogP contribution >= 0.6 is 22.7 Å². The summed E-state index contributed by atoms with van der Waals surface area (Å²) in [4.78, 5) is 17.9. The summed E-state index contributed by atoms with van der Waals surface area (Å²) in [5.41, 5.74) is 0.859. The molecule has 2 N–H and O–H groups in total. The van der Waals surface area contributed by atoms with Crippen LogP contribution in [0.4, 0.5) is 0 Å². The number of piperidine rings is 1. The average Bonchev–Trinajstić information content (AvgIpc) is 3.12. The van der Waals surface area contributed by atoms with Crippen molar-refractivity contribution >= 4 is 28.6 Å². The van der Waals surface area contributed by atoms with E-state index in [9.17, 15) is 4.79 Å². The van der Waals surface area contributed by atoms with Gasteiger partial charge in [-0.15, -0.1) is 22.7 Å². The van der Waals surface area contributed by atoms with Crippen LogP contribution in [0.25, 0.3) is 9.88 Å². The van der Waals surface area contributed by atoms with Gasteiger partial charge in [-0.1, -0.05) is 6.07 Å². The van der Waals surface area contributed by atoms with Crippen molar-refractivity contribution in [3.63, 3.8) is 0 Å². The number of hydrogen-bond donors (Lipinski definition) is 2. The van der Waals surface area contributed by atoms with Crippen LogP contribution in [-0.2, 0) is 11.2 Å². The van der Waals surface area contributed by atoms with Crippen molar-refractivity contribution in [3.05, 3.63) is 28.6 Å². The Balaban J connectivity index is 1.57. The van der Waals surface area contributed by atoms with Gasteiger partial charge < -0.3 is 10.6 Å². The van der Waals surface area contributed by atoms with Crippen molar-refractivity contribution in [1.29, 1.82) is 0 Å². The number of thiophene rings is 1. The zero-order valence-corrected chi connectivity index (χ0v) is 13.6. The first-order valence-electron chi connectivity index (χ1n) is 7.23. The van der Waals surface area contributed by atoms with E-state index < -0.39 is 0 Å². The first-order chi connectivity index (χ1) is 10.2. The highest BCUT2D eigenvalue weighted by molar-refractivity contribution is 7.20. The van der Waals surface area contributed by atoms with Gasteiger partial charge in [0.15, 0.2) is 0 Å². The molecule has 2 aromatic heterocycles. The Labute approximate surface area is 132 Å². The van der Waals surface area contributed by atoms with E-state index in [2.05, 4.69) is 28.6 Å². The SMILES string of the molecule is CC1NCCCC1NC(=O)Cc1csc(-c2cccs2)n1. The topological polar surface area (TPSA) is 54.0 Å². The van der Waals surface area contributed by atoms with Gasteiger partial charge in [-0.05, 0) is 37.8 Å². The Morgan fingerprint density at radius 1 is 1.52 bits per heavy atom. The molecule has 3 rings (SSSR count). The lowest BCUT2D eigenvalue weighted by atomic mass is 10.00. The van der Waals surface area contributed by atoms with Crippen LogP contribution in [-0.4, -0.2) is 29.5 Å². The first-order valence-corrected chi connectivity index (χ1v) is 8.99. The van der Waals surface area contributed by atoms with E-state index in [1.165, 1.54) is 0 Å². The molecule has 1 aliphatic rings. The summed E-state index contributed by atoms with van der Waals surface area (Å²) in [6.45, 7) is 3.17. The minimum absolute atomic E-state index is 0.0681. The zero-order valence-electron chi connectivity index (χ0n) is 12.0. The second kappa shape index (κ2) is 6.68. The van der Waals surface area contributed by atoms with Gasteiger partial charge in [0.1, 0.15) is 5.01 Å². The van der Waals surface area contributed by atoms with Crippen LogP contribution in [0.5, 0.6) is 0 Å². The molecular formula is C15H19N3OS2. The van der Waals surface area contributed by atoms with Crippen LogP contribution in [0, 0.1) is 0 Å². The third kappa shape index (κ3) is 3.70. The molecule has 3 heterocycles. The lowest BCUT2D eigenvalue weighted by molar-refractivity contribution is -0.121. The third-order valence-electron chi connectivity index (χ3n) is 3.73. The molecule has 2 aromatic rings. The minimum Gasteiger partial charge on any atom is -0.351 e. The van der Waals surface area contributed by atoms with E-state index in [0.717, 1.165) is 35.0 Å². The molecule has 1 amide bonds. The number of carbonyl (C=O) groups is 1. The number of carbonyl (C=O) groups excluding carboxylic acids is 1. The predicted octanol–water partition coefficient (Wildman–Crippen LogP) is 2.67. The zero-order chi connectivity index (χ0) is 14.7. The molecular weight excluding hydrogens is 302 g/mol. The highest BCUT2D eigenvalue weighted by Gasteiger charge is 2.22. The maximum Gasteiger partial charge on any atom is 0.226 e. The number of hydrogen-bond acceptors (Lipinski definition) is 5. The summed E-state index contributed by atoms with van der Waals surface area (Å²) in [5.74, 6) is 0.0681. The highest BCUT2D eigenvalue weighted by Crippen LogP contribution is 2.27. The molecule has 4 nitrogen and oxygen atoms in total. The number of aromatic nitrogens is 1. The summed E-state index contributed by atoms with van der Waals surface area (Å²) in [7, 11) is 0. The Morgan fingerprint density at radius 3 is 3.19 bits per heavy atom. The second-order valence-electron chi connectivity index (χ2n) is 5.36. The molecule has 1 aliphatic heterocycles. The van der Waals surface area contributed by atoms with Gasteiger partial charge >= 0.3 is 0 Å². The maximum absolute atomic E-state index is 12.2. The van der Waals surface area contributed by atoms with Gasteiger partial charge in [0.25, 0.3) is 0 Å². The number of amides is 1. The van der Waals surface area contributed by atoms with E-state index >= 15 is 0 Å². The molecule has 1 fully saturated rings. The fourth-order valence-electron chi connectivity index (χ4n) is 2.57. The fourth-order valence-corrected chi connectivity index (χ4v) is 4.20. The molecule has 2 atom stereocenters. The van der Waals surface area contributed by atoms with Crippen molar-refractivity contribution in [2.75, 3.05) is 6.54 Å². The molecule has 0 aliphatic carbocycles. The second-order valence-corrected chi connectivity index (χ2v) is 7.16. The van der Waals surface area contributed by atoms with E-state index in [1.807, 2.05) is 16.8 Å². The molecule has 0 spiro atoms. The molecule has 0 bridgehead atoms. The van der Waals surface area contributed by atoms with Gasteiger partial charge in [0.2, 0.25) is 5.91 Å². The molecule has 6 heteroatoms. The monoisotopic (exact) mass is 321 g/mol. The maximum atomic E-state index is 12.2. The Kier molecular flexibility index (Phi) is 4.67. The Bertz CT molecular complexity index is 594. The lowest BCUT2D eigenvalue weighted by Crippen LogP contribution is -2.52. The summed E-state index contributed by atoms with van der Waals surface area (Å²) < 4.78 is 0. The van der Waals surface area contributed by atoms with Gasteiger partial charge in [0.05, 0.1) is 17.0 Å². The van der Waals surface area contributed by atoms with Crippen LogP contribution in [0.2, 0.25) is 0 Å². The molecule has 0 saturated carbocycles. The van der Waals surface area contributed by atoms with E-state index in [4.69, 9.17) is 0 Å². The largest absolute Gasteiger partial charge is 0.351 e. The number of nitrogens with zero attached hydrogens (tertiary/aromatic N) is 1. The van der Waals surface area contributed by atoms with Crippen molar-refractivity contribution in [3.8, 4) is 9.88 Å². The van der Waals surface area contributed by atoms with E-state index in [-0.39, 0.29) is 11.9 Å². The summed E-state index contributed by atoms with van der Waals surface area (Å²) in [5, 5.41) is 11.5. The molecule has 0 radical (unpaired) electrons. The van der Waals surface area contributed by atoms with Gasteiger partial charge in [0, 0.05) is 17.5 Å². The van der Waals surface area contributed by atoms with E-state index in [0.29, 0.717) is 12.5 Å². The van der Waals surface area contributed by atoms with Crippen molar-refractivity contribution in [1.82, 2.24) is 15.6 Å². The minimum atomic E-state index is 0.0681. The van der Waals surface area contributed by atoms with E-state index in [1.54, 1.807) is 22.7 Å². The average molecular weight is 321 g/mol. The van der Waals surface area contributed by atoms with Gasteiger partial charge in [-0.2, -0.15) is 0 Å². The normalized spacial score (nSPS) is 22.1. The summed E-state index contributed by atoms with van der Waals surface area (Å²) in [6.07, 6.45) is 2.54. The predicted molar refractivity (Wildman–Crippen MR) is 87.8 cm³/mol. The fraction of sp³-hybridized carbons (Fsp3) is 0.467. The smallest absolute Gasteiger partial charge is 0.226 e. The number of thiazole rings is 1. The lowest BCUT2D eigenvalue weighted by Gasteiger charge is -2.30. The molecule has 1 saturated heterocycles. The highest BCUT2D eigenvalue weighted by atomic mass is 32.1. The number of rotatable bonds is 4. The quantitative estimate of drug-likeness (QED) is 0.910. The van der Waals surface area contributed by atoms with Gasteiger partial charge in [-0.3, -0.25) is 4.79 Å². The molecule has 2 unspecified atom stereocenters. The van der Waals surface area contributed by atoms with Gasteiger partial charge in [-0.25, -0.2) is 4.98 Å². The van der Waals surface area contributed by atoms with Crippen molar-refractivity contribution in [2.24, 2.45) is 0 Å². The third-order valence-corrected chi connectivity index (χ3v) is 5.66. The van der Waals surface area contributed by atoms with Crippen molar-refractivity contribution in [2.45, 2.75) is 38.3 Å². The number of nitrogens with one attached hydrogen (secondary N) is 2. The Morgan fingerprint density at radius 2 is 2.43 bits per heavy atom. The molecule has 21 heavy (non-hydrogen) atoms. The van der Waals surface area contributed by atoms with Crippen molar-refractivity contribution < 1.29 is 4.79 Å². The Hall–Kier alpha value is -1.24. The van der Waals surface area contributed by atoms with Crippen LogP contribution in [0.1, 0.15) is 25.5 Å². The van der Waals surface area contributed by atoms with Crippen LogP contribution in [0.3, 0.4) is 0 Å². The molecule has 112 valence electrons.